The minimum Gasteiger partial charge on any atom is -0.0850 e. The second-order valence-corrected chi connectivity index (χ2v) is 5.42. The predicted molar refractivity (Wildman–Crippen MR) is 78.1 cm³/mol. The first-order valence-electron chi connectivity index (χ1n) is 7.18. The van der Waals surface area contributed by atoms with Crippen molar-refractivity contribution < 1.29 is 0 Å². The van der Waals surface area contributed by atoms with Gasteiger partial charge in [-0.1, -0.05) is 56.2 Å². The standard InChI is InChI=1S/C17H28/c1-5-15-8-7-9-16(6-2)11-13-17(12-10-15)14(3)4/h5,9-10,12,14,17H,6-8,11,13H2,1-4H3/b12-10+,15-5+,16-9+/t17-/m0/s1. The highest BCUT2D eigenvalue weighted by molar-refractivity contribution is 5.20. The summed E-state index contributed by atoms with van der Waals surface area (Å²) in [7, 11) is 0. The maximum Gasteiger partial charge on any atom is -0.0204 e. The van der Waals surface area contributed by atoms with Crippen molar-refractivity contribution in [1.29, 1.82) is 0 Å². The Labute approximate surface area is 108 Å². The van der Waals surface area contributed by atoms with E-state index < -0.39 is 0 Å². The van der Waals surface area contributed by atoms with Gasteiger partial charge in [-0.05, 0) is 50.9 Å². The molecule has 0 nitrogen and oxygen atoms in total. The third kappa shape index (κ3) is 4.93. The van der Waals surface area contributed by atoms with Gasteiger partial charge in [0.05, 0.1) is 0 Å². The first-order chi connectivity index (χ1) is 8.17. The molecule has 0 unspecified atom stereocenters. The molecule has 0 aliphatic heterocycles. The van der Waals surface area contributed by atoms with Crippen molar-refractivity contribution in [3.63, 3.8) is 0 Å². The molecule has 0 spiro atoms. The Balaban J connectivity index is 2.81. The van der Waals surface area contributed by atoms with E-state index in [4.69, 9.17) is 0 Å². The van der Waals surface area contributed by atoms with Gasteiger partial charge in [-0.2, -0.15) is 0 Å². The number of rotatable bonds is 2. The summed E-state index contributed by atoms with van der Waals surface area (Å²) in [6.07, 6.45) is 15.8. The molecule has 0 bridgehead atoms. The quantitative estimate of drug-likeness (QED) is 0.538. The summed E-state index contributed by atoms with van der Waals surface area (Å²) in [6.45, 7) is 9.12. The SMILES string of the molecule is C/C=C1/C=C/[C@H](C(C)C)CC/C(CC)=C/CC1. The molecule has 1 atom stereocenters. The first-order valence-corrected chi connectivity index (χ1v) is 7.18. The average Bonchev–Trinajstić information content (AvgIpc) is 2.34. The van der Waals surface area contributed by atoms with E-state index in [0.29, 0.717) is 0 Å². The van der Waals surface area contributed by atoms with Crippen molar-refractivity contribution in [3.8, 4) is 0 Å². The molecule has 0 aromatic heterocycles. The van der Waals surface area contributed by atoms with Crippen LogP contribution >= 0.6 is 0 Å². The molecular weight excluding hydrogens is 204 g/mol. The van der Waals surface area contributed by atoms with Crippen LogP contribution in [-0.4, -0.2) is 0 Å². The summed E-state index contributed by atoms with van der Waals surface area (Å²) in [5.74, 6) is 1.49. The summed E-state index contributed by atoms with van der Waals surface area (Å²) in [5, 5.41) is 0. The zero-order valence-electron chi connectivity index (χ0n) is 12.0. The van der Waals surface area contributed by atoms with Crippen LogP contribution in [0.5, 0.6) is 0 Å². The van der Waals surface area contributed by atoms with Crippen LogP contribution in [0, 0.1) is 11.8 Å². The van der Waals surface area contributed by atoms with E-state index >= 15 is 0 Å². The molecule has 0 saturated carbocycles. The van der Waals surface area contributed by atoms with Gasteiger partial charge in [0.15, 0.2) is 0 Å². The van der Waals surface area contributed by atoms with E-state index in [9.17, 15) is 0 Å². The van der Waals surface area contributed by atoms with Gasteiger partial charge in [0.25, 0.3) is 0 Å². The van der Waals surface area contributed by atoms with Crippen LogP contribution < -0.4 is 0 Å². The fraction of sp³-hybridized carbons (Fsp3) is 0.647. The zero-order chi connectivity index (χ0) is 12.7. The van der Waals surface area contributed by atoms with Crippen LogP contribution in [0.25, 0.3) is 0 Å². The molecular formula is C17H28. The summed E-state index contributed by atoms with van der Waals surface area (Å²) in [4.78, 5) is 0. The Hall–Kier alpha value is -0.780. The molecule has 0 radical (unpaired) electrons. The lowest BCUT2D eigenvalue weighted by Gasteiger charge is -2.19. The molecule has 0 heterocycles. The van der Waals surface area contributed by atoms with E-state index in [2.05, 4.69) is 52.0 Å². The molecule has 96 valence electrons. The third-order valence-electron chi connectivity index (χ3n) is 3.90. The molecule has 1 aliphatic rings. The molecule has 0 aromatic carbocycles. The molecule has 0 aromatic rings. The Kier molecular flexibility index (Phi) is 6.32. The molecule has 1 aliphatic carbocycles. The van der Waals surface area contributed by atoms with Crippen LogP contribution in [0.15, 0.2) is 35.5 Å². The fourth-order valence-electron chi connectivity index (χ4n) is 2.44. The maximum atomic E-state index is 2.47. The van der Waals surface area contributed by atoms with Crippen LogP contribution in [0.1, 0.15) is 59.8 Å². The summed E-state index contributed by atoms with van der Waals surface area (Å²) >= 11 is 0. The van der Waals surface area contributed by atoms with Gasteiger partial charge >= 0.3 is 0 Å². The van der Waals surface area contributed by atoms with Crippen molar-refractivity contribution in [3.05, 3.63) is 35.5 Å². The van der Waals surface area contributed by atoms with Gasteiger partial charge < -0.3 is 0 Å². The summed E-state index contributed by atoms with van der Waals surface area (Å²) in [5.41, 5.74) is 3.14. The van der Waals surface area contributed by atoms with Crippen molar-refractivity contribution in [2.45, 2.75) is 59.8 Å². The van der Waals surface area contributed by atoms with Gasteiger partial charge in [0.1, 0.15) is 0 Å². The van der Waals surface area contributed by atoms with Gasteiger partial charge in [0.2, 0.25) is 0 Å². The van der Waals surface area contributed by atoms with E-state index in [1.54, 1.807) is 5.57 Å². The van der Waals surface area contributed by atoms with Crippen molar-refractivity contribution >= 4 is 0 Å². The van der Waals surface area contributed by atoms with E-state index in [1.807, 2.05) is 0 Å². The molecule has 0 N–H and O–H groups in total. The second-order valence-electron chi connectivity index (χ2n) is 5.42. The Morgan fingerprint density at radius 3 is 2.71 bits per heavy atom. The molecule has 0 amide bonds. The molecule has 0 fully saturated rings. The first kappa shape index (κ1) is 14.3. The van der Waals surface area contributed by atoms with Crippen molar-refractivity contribution in [1.82, 2.24) is 0 Å². The number of allylic oxidation sites excluding steroid dienone is 6. The highest BCUT2D eigenvalue weighted by atomic mass is 14.2. The maximum absolute atomic E-state index is 2.47. The molecule has 1 rings (SSSR count). The molecule has 0 saturated heterocycles. The lowest BCUT2D eigenvalue weighted by atomic mass is 9.87. The van der Waals surface area contributed by atoms with E-state index in [0.717, 1.165) is 11.8 Å². The van der Waals surface area contributed by atoms with Crippen molar-refractivity contribution in [2.24, 2.45) is 11.8 Å². The molecule has 0 heteroatoms. The van der Waals surface area contributed by atoms with Gasteiger partial charge in [-0.25, -0.2) is 0 Å². The van der Waals surface area contributed by atoms with Crippen molar-refractivity contribution in [2.75, 3.05) is 0 Å². The van der Waals surface area contributed by atoms with Crippen LogP contribution in [0.2, 0.25) is 0 Å². The molecule has 17 heavy (non-hydrogen) atoms. The number of hydrogen-bond acceptors (Lipinski definition) is 0. The highest BCUT2D eigenvalue weighted by Crippen LogP contribution is 2.25. The predicted octanol–water partition coefficient (Wildman–Crippen LogP) is 5.67. The number of hydrogen-bond donors (Lipinski definition) is 0. The topological polar surface area (TPSA) is 0 Å². The second kappa shape index (κ2) is 7.53. The smallest absolute Gasteiger partial charge is 0.0204 e. The van der Waals surface area contributed by atoms with E-state index in [1.165, 1.54) is 37.7 Å². The summed E-state index contributed by atoms with van der Waals surface area (Å²) < 4.78 is 0. The average molecular weight is 232 g/mol. The van der Waals surface area contributed by atoms with Crippen LogP contribution in [-0.2, 0) is 0 Å². The zero-order valence-corrected chi connectivity index (χ0v) is 12.0. The monoisotopic (exact) mass is 232 g/mol. The van der Waals surface area contributed by atoms with Gasteiger partial charge in [-0.15, -0.1) is 0 Å². The Morgan fingerprint density at radius 1 is 1.35 bits per heavy atom. The lowest BCUT2D eigenvalue weighted by molar-refractivity contribution is 0.433. The fourth-order valence-corrected chi connectivity index (χ4v) is 2.44. The van der Waals surface area contributed by atoms with Crippen LogP contribution in [0.4, 0.5) is 0 Å². The van der Waals surface area contributed by atoms with Gasteiger partial charge in [0, 0.05) is 0 Å². The largest absolute Gasteiger partial charge is 0.0850 e. The minimum absolute atomic E-state index is 0.734. The Morgan fingerprint density at radius 2 is 2.12 bits per heavy atom. The van der Waals surface area contributed by atoms with Crippen LogP contribution in [0.3, 0.4) is 0 Å². The summed E-state index contributed by atoms with van der Waals surface area (Å²) in [6, 6.07) is 0. The van der Waals surface area contributed by atoms with E-state index in [-0.39, 0.29) is 0 Å². The lowest BCUT2D eigenvalue weighted by Crippen LogP contribution is -2.06. The Bertz CT molecular complexity index is 302. The minimum atomic E-state index is 0.734. The highest BCUT2D eigenvalue weighted by Gasteiger charge is 2.11. The normalized spacial score (nSPS) is 30.1. The van der Waals surface area contributed by atoms with Gasteiger partial charge in [-0.3, -0.25) is 0 Å². The third-order valence-corrected chi connectivity index (χ3v) is 3.90.